The number of hydrogen-bond donors (Lipinski definition) is 3. The summed E-state index contributed by atoms with van der Waals surface area (Å²) in [6, 6.07) is 18.3. The van der Waals surface area contributed by atoms with Gasteiger partial charge in [-0.15, -0.1) is 0 Å². The van der Waals surface area contributed by atoms with Crippen molar-refractivity contribution in [2.24, 2.45) is 0 Å². The second kappa shape index (κ2) is 8.07. The number of aliphatic hydroxyl groups is 1. The molecule has 2 aromatic carbocycles. The predicted octanol–water partition coefficient (Wildman–Crippen LogP) is 2.19. The van der Waals surface area contributed by atoms with Crippen LogP contribution in [0.4, 0.5) is 4.79 Å². The van der Waals surface area contributed by atoms with E-state index in [0.717, 1.165) is 6.42 Å². The van der Waals surface area contributed by atoms with Crippen LogP contribution in [0.15, 0.2) is 54.6 Å². The van der Waals surface area contributed by atoms with Crippen LogP contribution in [-0.4, -0.2) is 30.8 Å². The first kappa shape index (κ1) is 15.1. The standard InChI is InChI=1S/C17H20N2O2/c20-12-11-19-17(21)18-10-9-14-5-4-8-16(13-14)15-6-2-1-3-7-15/h1-8,13,20H,9-12H2,(H2,18,19,21). The van der Waals surface area contributed by atoms with Gasteiger partial charge in [-0.3, -0.25) is 0 Å². The van der Waals surface area contributed by atoms with Crippen LogP contribution in [0.1, 0.15) is 5.56 Å². The molecule has 0 aliphatic carbocycles. The van der Waals surface area contributed by atoms with Crippen molar-refractivity contribution in [3.63, 3.8) is 0 Å². The van der Waals surface area contributed by atoms with E-state index in [1.165, 1.54) is 16.7 Å². The Morgan fingerprint density at radius 1 is 0.905 bits per heavy atom. The van der Waals surface area contributed by atoms with Crippen molar-refractivity contribution < 1.29 is 9.90 Å². The Hall–Kier alpha value is -2.33. The number of nitrogens with one attached hydrogen (secondary N) is 2. The van der Waals surface area contributed by atoms with Gasteiger partial charge in [0.15, 0.2) is 0 Å². The van der Waals surface area contributed by atoms with E-state index >= 15 is 0 Å². The van der Waals surface area contributed by atoms with Gasteiger partial charge in [0, 0.05) is 13.1 Å². The average Bonchev–Trinajstić information content (AvgIpc) is 2.54. The lowest BCUT2D eigenvalue weighted by molar-refractivity contribution is 0.234. The fourth-order valence-corrected chi connectivity index (χ4v) is 2.09. The van der Waals surface area contributed by atoms with Crippen molar-refractivity contribution in [3.8, 4) is 11.1 Å². The molecule has 4 nitrogen and oxygen atoms in total. The van der Waals surface area contributed by atoms with E-state index in [-0.39, 0.29) is 19.2 Å². The minimum absolute atomic E-state index is 0.0491. The van der Waals surface area contributed by atoms with Crippen LogP contribution in [0.25, 0.3) is 11.1 Å². The highest BCUT2D eigenvalue weighted by molar-refractivity contribution is 5.73. The molecule has 0 aliphatic heterocycles. The monoisotopic (exact) mass is 284 g/mol. The van der Waals surface area contributed by atoms with Crippen molar-refractivity contribution in [2.75, 3.05) is 19.7 Å². The smallest absolute Gasteiger partial charge is 0.314 e. The summed E-state index contributed by atoms with van der Waals surface area (Å²) < 4.78 is 0. The normalized spacial score (nSPS) is 10.1. The first-order valence-electron chi connectivity index (χ1n) is 7.06. The molecule has 4 heteroatoms. The lowest BCUT2D eigenvalue weighted by Gasteiger charge is -2.08. The highest BCUT2D eigenvalue weighted by Gasteiger charge is 2.01. The molecular formula is C17H20N2O2. The Labute approximate surface area is 124 Å². The zero-order valence-electron chi connectivity index (χ0n) is 11.9. The molecule has 2 aromatic rings. The summed E-state index contributed by atoms with van der Waals surface area (Å²) in [7, 11) is 0. The summed E-state index contributed by atoms with van der Waals surface area (Å²) >= 11 is 0. The first-order valence-corrected chi connectivity index (χ1v) is 7.06. The minimum atomic E-state index is -0.247. The fraction of sp³-hybridized carbons (Fsp3) is 0.235. The van der Waals surface area contributed by atoms with E-state index in [2.05, 4.69) is 41.0 Å². The number of rotatable bonds is 6. The number of urea groups is 1. The number of amides is 2. The fourth-order valence-electron chi connectivity index (χ4n) is 2.09. The molecule has 2 amide bonds. The van der Waals surface area contributed by atoms with Gasteiger partial charge in [0.05, 0.1) is 6.61 Å². The maximum atomic E-state index is 11.3. The van der Waals surface area contributed by atoms with Gasteiger partial charge in [-0.1, -0.05) is 54.6 Å². The highest BCUT2D eigenvalue weighted by atomic mass is 16.3. The van der Waals surface area contributed by atoms with Crippen molar-refractivity contribution in [3.05, 3.63) is 60.2 Å². The number of hydrogen-bond acceptors (Lipinski definition) is 2. The van der Waals surface area contributed by atoms with Crippen LogP contribution in [0.5, 0.6) is 0 Å². The molecular weight excluding hydrogens is 264 g/mol. The largest absolute Gasteiger partial charge is 0.395 e. The van der Waals surface area contributed by atoms with Crippen LogP contribution in [0.2, 0.25) is 0 Å². The van der Waals surface area contributed by atoms with Gasteiger partial charge in [-0.05, 0) is 23.1 Å². The van der Waals surface area contributed by atoms with Crippen LogP contribution < -0.4 is 10.6 Å². The first-order chi connectivity index (χ1) is 10.3. The molecule has 0 atom stereocenters. The molecule has 0 saturated carbocycles. The Bertz CT molecular complexity index is 570. The van der Waals surface area contributed by atoms with E-state index in [1.54, 1.807) is 0 Å². The van der Waals surface area contributed by atoms with E-state index < -0.39 is 0 Å². The summed E-state index contributed by atoms with van der Waals surface area (Å²) in [6.45, 7) is 0.789. The molecule has 0 unspecified atom stereocenters. The predicted molar refractivity (Wildman–Crippen MR) is 84.1 cm³/mol. The quantitative estimate of drug-likeness (QED) is 0.761. The Morgan fingerprint density at radius 3 is 2.38 bits per heavy atom. The molecule has 0 aromatic heterocycles. The number of benzene rings is 2. The van der Waals surface area contributed by atoms with Gasteiger partial charge in [0.2, 0.25) is 0 Å². The molecule has 0 radical (unpaired) electrons. The van der Waals surface area contributed by atoms with E-state index in [0.29, 0.717) is 6.54 Å². The van der Waals surface area contributed by atoms with Gasteiger partial charge >= 0.3 is 6.03 Å². The minimum Gasteiger partial charge on any atom is -0.395 e. The van der Waals surface area contributed by atoms with Crippen molar-refractivity contribution >= 4 is 6.03 Å². The second-order valence-corrected chi connectivity index (χ2v) is 4.72. The summed E-state index contributed by atoms with van der Waals surface area (Å²) in [5.41, 5.74) is 3.55. The topological polar surface area (TPSA) is 61.4 Å². The van der Waals surface area contributed by atoms with Crippen LogP contribution in [0.3, 0.4) is 0 Å². The molecule has 0 saturated heterocycles. The van der Waals surface area contributed by atoms with Crippen molar-refractivity contribution in [2.45, 2.75) is 6.42 Å². The van der Waals surface area contributed by atoms with Crippen LogP contribution in [0, 0.1) is 0 Å². The van der Waals surface area contributed by atoms with E-state index in [4.69, 9.17) is 5.11 Å². The molecule has 0 heterocycles. The molecule has 3 N–H and O–H groups in total. The van der Waals surface area contributed by atoms with Crippen LogP contribution in [-0.2, 0) is 6.42 Å². The van der Waals surface area contributed by atoms with Gasteiger partial charge in [-0.25, -0.2) is 4.79 Å². The Balaban J connectivity index is 1.89. The summed E-state index contributed by atoms with van der Waals surface area (Å²) in [6.07, 6.45) is 0.771. The third-order valence-corrected chi connectivity index (χ3v) is 3.13. The molecule has 0 spiro atoms. The Kier molecular flexibility index (Phi) is 5.79. The van der Waals surface area contributed by atoms with Gasteiger partial charge < -0.3 is 15.7 Å². The third kappa shape index (κ3) is 4.93. The van der Waals surface area contributed by atoms with Crippen molar-refractivity contribution in [1.82, 2.24) is 10.6 Å². The van der Waals surface area contributed by atoms with E-state index in [1.807, 2.05) is 24.3 Å². The van der Waals surface area contributed by atoms with Crippen molar-refractivity contribution in [1.29, 1.82) is 0 Å². The van der Waals surface area contributed by atoms with Gasteiger partial charge in [-0.2, -0.15) is 0 Å². The SMILES string of the molecule is O=C(NCCO)NCCc1cccc(-c2ccccc2)c1. The zero-order chi connectivity index (χ0) is 14.9. The third-order valence-electron chi connectivity index (χ3n) is 3.13. The number of carbonyl (C=O) groups excluding carboxylic acids is 1. The zero-order valence-corrected chi connectivity index (χ0v) is 11.9. The molecule has 0 bridgehead atoms. The Morgan fingerprint density at radius 2 is 1.62 bits per heavy atom. The summed E-state index contributed by atoms with van der Waals surface area (Å²) in [4.78, 5) is 11.3. The summed E-state index contributed by atoms with van der Waals surface area (Å²) in [5, 5.41) is 13.9. The number of carbonyl (C=O) groups is 1. The molecule has 0 aliphatic rings. The average molecular weight is 284 g/mol. The lowest BCUT2D eigenvalue weighted by Crippen LogP contribution is -2.37. The van der Waals surface area contributed by atoms with Gasteiger partial charge in [0.1, 0.15) is 0 Å². The van der Waals surface area contributed by atoms with E-state index in [9.17, 15) is 4.79 Å². The maximum Gasteiger partial charge on any atom is 0.314 e. The molecule has 0 fully saturated rings. The number of aliphatic hydroxyl groups excluding tert-OH is 1. The van der Waals surface area contributed by atoms with Crippen LogP contribution >= 0.6 is 0 Å². The molecule has 2 rings (SSSR count). The lowest BCUT2D eigenvalue weighted by atomic mass is 10.0. The molecule has 21 heavy (non-hydrogen) atoms. The molecule has 110 valence electrons. The van der Waals surface area contributed by atoms with Gasteiger partial charge in [0.25, 0.3) is 0 Å². The second-order valence-electron chi connectivity index (χ2n) is 4.72. The highest BCUT2D eigenvalue weighted by Crippen LogP contribution is 2.19. The maximum absolute atomic E-state index is 11.3. The summed E-state index contributed by atoms with van der Waals surface area (Å²) in [5.74, 6) is 0.